The molecule has 0 spiro atoms. The second kappa shape index (κ2) is 5.78. The molecule has 0 aliphatic carbocycles. The summed E-state index contributed by atoms with van der Waals surface area (Å²) in [6.45, 7) is 7.83. The molecular weight excluding hydrogens is 252 g/mol. The number of hydrogen-bond donors (Lipinski definition) is 2. The number of rotatable bonds is 4. The first-order valence-corrected chi connectivity index (χ1v) is 7.05. The number of nitrogens with one attached hydrogen (secondary N) is 1. The van der Waals surface area contributed by atoms with Crippen LogP contribution in [0.1, 0.15) is 43.2 Å². The van der Waals surface area contributed by atoms with Crippen molar-refractivity contribution in [3.63, 3.8) is 0 Å². The van der Waals surface area contributed by atoms with E-state index in [0.29, 0.717) is 31.1 Å². The number of pyridine rings is 1. The highest BCUT2D eigenvalue weighted by molar-refractivity contribution is 5.60. The Kier molecular flexibility index (Phi) is 4.26. The summed E-state index contributed by atoms with van der Waals surface area (Å²) in [6.07, 6.45) is 1.56. The van der Waals surface area contributed by atoms with Gasteiger partial charge in [-0.15, -0.1) is 0 Å². The highest BCUT2D eigenvalue weighted by Gasteiger charge is 2.31. The number of aryl methyl sites for hydroxylation is 1. The molecule has 0 bridgehead atoms. The molecule has 2 rings (SSSR count). The van der Waals surface area contributed by atoms with E-state index >= 15 is 0 Å². The van der Waals surface area contributed by atoms with Gasteiger partial charge in [-0.2, -0.15) is 5.26 Å². The Bertz CT molecular complexity index is 546. The number of ether oxygens (including phenoxy) is 1. The van der Waals surface area contributed by atoms with Gasteiger partial charge in [-0.3, -0.25) is 0 Å². The van der Waals surface area contributed by atoms with E-state index < -0.39 is 0 Å². The van der Waals surface area contributed by atoms with Crippen molar-refractivity contribution in [2.45, 2.75) is 45.8 Å². The van der Waals surface area contributed by atoms with Crippen LogP contribution in [0.5, 0.6) is 0 Å². The van der Waals surface area contributed by atoms with E-state index in [4.69, 9.17) is 10.5 Å². The number of nitrogens with zero attached hydrogens (tertiary/aromatic N) is 2. The Morgan fingerprint density at radius 3 is 2.80 bits per heavy atom. The first-order chi connectivity index (χ1) is 9.52. The van der Waals surface area contributed by atoms with Crippen LogP contribution in [-0.2, 0) is 24.2 Å². The van der Waals surface area contributed by atoms with Crippen LogP contribution in [0.3, 0.4) is 0 Å². The number of aromatic nitrogens is 1. The molecule has 1 aromatic rings. The average Bonchev–Trinajstić information content (AvgIpc) is 2.42. The van der Waals surface area contributed by atoms with Crippen LogP contribution in [0.4, 0.5) is 5.82 Å². The molecule has 3 N–H and O–H groups in total. The molecule has 0 saturated carbocycles. The number of hydrogen-bond acceptors (Lipinski definition) is 5. The number of nitrogens with two attached hydrogens (primary N) is 1. The maximum atomic E-state index is 9.51. The summed E-state index contributed by atoms with van der Waals surface area (Å²) in [7, 11) is 0. The fourth-order valence-corrected chi connectivity index (χ4v) is 2.57. The molecule has 0 unspecified atom stereocenters. The minimum Gasteiger partial charge on any atom is -0.370 e. The molecule has 0 atom stereocenters. The molecule has 5 nitrogen and oxygen atoms in total. The van der Waals surface area contributed by atoms with E-state index in [9.17, 15) is 5.26 Å². The van der Waals surface area contributed by atoms with Gasteiger partial charge in [-0.25, -0.2) is 4.98 Å². The lowest BCUT2D eigenvalue weighted by molar-refractivity contribution is -0.0406. The third kappa shape index (κ3) is 2.77. The molecule has 1 aliphatic heterocycles. The van der Waals surface area contributed by atoms with Crippen molar-refractivity contribution < 1.29 is 4.74 Å². The minimum absolute atomic E-state index is 0.240. The zero-order chi connectivity index (χ0) is 14.8. The van der Waals surface area contributed by atoms with Crippen LogP contribution in [0.15, 0.2) is 0 Å². The van der Waals surface area contributed by atoms with Gasteiger partial charge in [0.25, 0.3) is 0 Å². The van der Waals surface area contributed by atoms with Gasteiger partial charge in [0.15, 0.2) is 0 Å². The van der Waals surface area contributed by atoms with E-state index in [1.807, 2.05) is 0 Å². The van der Waals surface area contributed by atoms with Gasteiger partial charge in [0.2, 0.25) is 0 Å². The quantitative estimate of drug-likeness (QED) is 0.873. The number of nitriles is 1. The van der Waals surface area contributed by atoms with Crippen molar-refractivity contribution in [1.29, 1.82) is 5.26 Å². The van der Waals surface area contributed by atoms with E-state index in [2.05, 4.69) is 37.1 Å². The highest BCUT2D eigenvalue weighted by atomic mass is 16.5. The summed E-state index contributed by atoms with van der Waals surface area (Å²) in [5.74, 6) is 0.659. The normalized spacial score (nSPS) is 16.4. The monoisotopic (exact) mass is 274 g/mol. The zero-order valence-corrected chi connectivity index (χ0v) is 12.4. The van der Waals surface area contributed by atoms with Crippen molar-refractivity contribution in [2.24, 2.45) is 5.73 Å². The third-order valence-electron chi connectivity index (χ3n) is 3.59. The second-order valence-electron chi connectivity index (χ2n) is 5.65. The van der Waals surface area contributed by atoms with Gasteiger partial charge >= 0.3 is 0 Å². The van der Waals surface area contributed by atoms with Crippen LogP contribution in [0.25, 0.3) is 0 Å². The Labute approximate surface area is 120 Å². The van der Waals surface area contributed by atoms with Crippen molar-refractivity contribution >= 4 is 5.82 Å². The molecule has 0 radical (unpaired) electrons. The van der Waals surface area contributed by atoms with Crippen LogP contribution in [0.2, 0.25) is 0 Å². The summed E-state index contributed by atoms with van der Waals surface area (Å²) in [6, 6.07) is 2.30. The highest BCUT2D eigenvalue weighted by Crippen LogP contribution is 2.34. The third-order valence-corrected chi connectivity index (χ3v) is 3.59. The van der Waals surface area contributed by atoms with Crippen LogP contribution < -0.4 is 11.1 Å². The molecule has 1 aliphatic rings. The number of fused-ring (bicyclic) bond motifs is 1. The fourth-order valence-electron chi connectivity index (χ4n) is 2.57. The molecular formula is C15H22N4O. The van der Waals surface area contributed by atoms with Crippen molar-refractivity contribution in [3.8, 4) is 6.07 Å². The average molecular weight is 274 g/mol. The van der Waals surface area contributed by atoms with E-state index in [1.54, 1.807) is 0 Å². The first kappa shape index (κ1) is 14.8. The fraction of sp³-hybridized carbons (Fsp3) is 0.600. The Morgan fingerprint density at radius 1 is 1.45 bits per heavy atom. The predicted molar refractivity (Wildman–Crippen MR) is 78.4 cm³/mol. The van der Waals surface area contributed by atoms with Crippen LogP contribution >= 0.6 is 0 Å². The predicted octanol–water partition coefficient (Wildman–Crippen LogP) is 1.74. The van der Waals surface area contributed by atoms with E-state index in [1.165, 1.54) is 0 Å². The van der Waals surface area contributed by atoms with Crippen molar-refractivity contribution in [2.75, 3.05) is 18.4 Å². The minimum atomic E-state index is -0.240. The van der Waals surface area contributed by atoms with Gasteiger partial charge in [-0.1, -0.05) is 6.92 Å². The van der Waals surface area contributed by atoms with E-state index in [-0.39, 0.29) is 5.60 Å². The van der Waals surface area contributed by atoms with Crippen LogP contribution in [0, 0.1) is 11.3 Å². The van der Waals surface area contributed by atoms with Crippen molar-refractivity contribution in [3.05, 3.63) is 22.4 Å². The molecule has 5 heteroatoms. The zero-order valence-electron chi connectivity index (χ0n) is 12.4. The lowest BCUT2D eigenvalue weighted by atomic mass is 9.87. The van der Waals surface area contributed by atoms with Gasteiger partial charge in [-0.05, 0) is 25.8 Å². The van der Waals surface area contributed by atoms with Gasteiger partial charge in [0.1, 0.15) is 11.9 Å². The Balaban J connectivity index is 2.55. The standard InChI is InChI=1S/C15H22N4O/c1-4-13-12-9-20-15(2,3)7-10(12)11(8-17)14(19-13)18-6-5-16/h4-7,9,16H2,1-3H3,(H,18,19). The topological polar surface area (TPSA) is 84.0 Å². The maximum Gasteiger partial charge on any atom is 0.144 e. The maximum absolute atomic E-state index is 9.51. The van der Waals surface area contributed by atoms with Gasteiger partial charge in [0.05, 0.1) is 17.8 Å². The summed E-state index contributed by atoms with van der Waals surface area (Å²) in [5.41, 5.74) is 9.10. The smallest absolute Gasteiger partial charge is 0.144 e. The SMILES string of the molecule is CCc1nc(NCCN)c(C#N)c2c1COC(C)(C)C2. The summed E-state index contributed by atoms with van der Waals surface area (Å²) in [4.78, 5) is 4.59. The molecule has 0 aromatic carbocycles. The first-order valence-electron chi connectivity index (χ1n) is 7.05. The molecule has 0 amide bonds. The molecule has 20 heavy (non-hydrogen) atoms. The lowest BCUT2D eigenvalue weighted by Gasteiger charge is -2.33. The largest absolute Gasteiger partial charge is 0.370 e. The Hall–Kier alpha value is -1.64. The lowest BCUT2D eigenvalue weighted by Crippen LogP contribution is -2.33. The number of anilines is 1. The summed E-state index contributed by atoms with van der Waals surface area (Å²) in [5, 5.41) is 12.7. The summed E-state index contributed by atoms with van der Waals surface area (Å²) < 4.78 is 5.86. The summed E-state index contributed by atoms with van der Waals surface area (Å²) >= 11 is 0. The second-order valence-corrected chi connectivity index (χ2v) is 5.65. The molecule has 0 fully saturated rings. The Morgan fingerprint density at radius 2 is 2.20 bits per heavy atom. The van der Waals surface area contributed by atoms with E-state index in [0.717, 1.165) is 29.7 Å². The molecule has 2 heterocycles. The van der Waals surface area contributed by atoms with Crippen LogP contribution in [-0.4, -0.2) is 23.7 Å². The van der Waals surface area contributed by atoms with Crippen molar-refractivity contribution in [1.82, 2.24) is 4.98 Å². The van der Waals surface area contributed by atoms with Gasteiger partial charge < -0.3 is 15.8 Å². The molecule has 1 aromatic heterocycles. The van der Waals surface area contributed by atoms with Gasteiger partial charge in [0, 0.05) is 30.8 Å². The molecule has 0 saturated heterocycles. The molecule has 108 valence electrons.